The molecule has 1 aliphatic rings. The molecule has 2 atom stereocenters. The summed E-state index contributed by atoms with van der Waals surface area (Å²) in [6, 6.07) is 2.93. The highest BCUT2D eigenvalue weighted by atomic mass is 16.1. The van der Waals surface area contributed by atoms with E-state index in [0.717, 1.165) is 31.2 Å². The average molecular weight is 290 g/mol. The van der Waals surface area contributed by atoms with Crippen LogP contribution in [0.25, 0.3) is 0 Å². The highest BCUT2D eigenvalue weighted by Gasteiger charge is 2.20. The molecule has 3 heteroatoms. The molecule has 21 heavy (non-hydrogen) atoms. The summed E-state index contributed by atoms with van der Waals surface area (Å²) in [5.74, 6) is 0. The maximum atomic E-state index is 12.9. The Bertz CT molecular complexity index is 533. The van der Waals surface area contributed by atoms with E-state index in [1.807, 2.05) is 0 Å². The molecule has 1 aromatic heterocycles. The Morgan fingerprint density at radius 3 is 2.57 bits per heavy atom. The van der Waals surface area contributed by atoms with Crippen LogP contribution in [-0.2, 0) is 19.4 Å². The van der Waals surface area contributed by atoms with E-state index < -0.39 is 0 Å². The quantitative estimate of drug-likeness (QED) is 0.869. The average Bonchev–Trinajstić information content (AvgIpc) is 2.51. The molecule has 2 unspecified atom stereocenters. The van der Waals surface area contributed by atoms with Gasteiger partial charge in [-0.25, -0.2) is 0 Å². The van der Waals surface area contributed by atoms with Gasteiger partial charge in [-0.15, -0.1) is 0 Å². The Kier molecular flexibility index (Phi) is 5.63. The fourth-order valence-electron chi connectivity index (χ4n) is 3.10. The number of aromatic nitrogens is 1. The van der Waals surface area contributed by atoms with Crippen LogP contribution in [0.15, 0.2) is 10.9 Å². The molecule has 2 rings (SSSR count). The first-order valence-corrected chi connectivity index (χ1v) is 8.58. The van der Waals surface area contributed by atoms with Crippen molar-refractivity contribution in [3.63, 3.8) is 0 Å². The van der Waals surface area contributed by atoms with Crippen molar-refractivity contribution in [1.82, 2.24) is 9.88 Å². The molecule has 0 amide bonds. The van der Waals surface area contributed by atoms with Gasteiger partial charge in [0.25, 0.3) is 5.56 Å². The molecule has 118 valence electrons. The zero-order chi connectivity index (χ0) is 15.4. The SMILES string of the molecule is CCC(C)NCc1cc2c(n(C(C)CC)c1=O)CCCC2. The monoisotopic (exact) mass is 290 g/mol. The van der Waals surface area contributed by atoms with Gasteiger partial charge in [0.1, 0.15) is 0 Å². The van der Waals surface area contributed by atoms with Crippen LogP contribution in [-0.4, -0.2) is 10.6 Å². The Labute approximate surface area is 128 Å². The molecule has 0 aromatic carbocycles. The molecule has 1 aromatic rings. The smallest absolute Gasteiger partial charge is 0.255 e. The third-order valence-electron chi connectivity index (χ3n) is 4.90. The van der Waals surface area contributed by atoms with E-state index >= 15 is 0 Å². The van der Waals surface area contributed by atoms with Crippen molar-refractivity contribution >= 4 is 0 Å². The summed E-state index contributed by atoms with van der Waals surface area (Å²) in [5, 5.41) is 3.47. The number of hydrogen-bond donors (Lipinski definition) is 1. The molecular formula is C18H30N2O. The van der Waals surface area contributed by atoms with E-state index in [-0.39, 0.29) is 5.56 Å². The molecule has 0 bridgehead atoms. The van der Waals surface area contributed by atoms with E-state index in [4.69, 9.17) is 0 Å². The van der Waals surface area contributed by atoms with Gasteiger partial charge in [0, 0.05) is 29.9 Å². The molecule has 0 radical (unpaired) electrons. The predicted molar refractivity (Wildman–Crippen MR) is 88.9 cm³/mol. The Morgan fingerprint density at radius 1 is 1.19 bits per heavy atom. The van der Waals surface area contributed by atoms with Gasteiger partial charge in [-0.05, 0) is 64.0 Å². The van der Waals surface area contributed by atoms with Crippen molar-refractivity contribution in [1.29, 1.82) is 0 Å². The van der Waals surface area contributed by atoms with E-state index in [9.17, 15) is 4.79 Å². The minimum absolute atomic E-state index is 0.223. The maximum Gasteiger partial charge on any atom is 0.255 e. The van der Waals surface area contributed by atoms with Gasteiger partial charge in [0.15, 0.2) is 0 Å². The lowest BCUT2D eigenvalue weighted by Crippen LogP contribution is -2.35. The van der Waals surface area contributed by atoms with Gasteiger partial charge < -0.3 is 9.88 Å². The van der Waals surface area contributed by atoms with Crippen LogP contribution in [0.3, 0.4) is 0 Å². The molecule has 0 saturated heterocycles. The molecule has 1 aliphatic carbocycles. The normalized spacial score (nSPS) is 17.3. The molecule has 3 nitrogen and oxygen atoms in total. The third kappa shape index (κ3) is 3.57. The van der Waals surface area contributed by atoms with E-state index in [1.165, 1.54) is 24.1 Å². The minimum Gasteiger partial charge on any atom is -0.310 e. The summed E-state index contributed by atoms with van der Waals surface area (Å²) in [5.41, 5.74) is 3.87. The topological polar surface area (TPSA) is 34.0 Å². The Balaban J connectivity index is 2.40. The lowest BCUT2D eigenvalue weighted by molar-refractivity contribution is 0.465. The summed E-state index contributed by atoms with van der Waals surface area (Å²) in [6.45, 7) is 9.36. The van der Waals surface area contributed by atoms with E-state index in [0.29, 0.717) is 18.6 Å². The van der Waals surface area contributed by atoms with Crippen molar-refractivity contribution in [2.45, 2.75) is 84.8 Å². The summed E-state index contributed by atoms with van der Waals surface area (Å²) < 4.78 is 2.09. The minimum atomic E-state index is 0.223. The van der Waals surface area contributed by atoms with Crippen LogP contribution in [0, 0.1) is 0 Å². The third-order valence-corrected chi connectivity index (χ3v) is 4.90. The first-order chi connectivity index (χ1) is 10.1. The summed E-state index contributed by atoms with van der Waals surface area (Å²) in [7, 11) is 0. The standard InChI is InChI=1S/C18H30N2O/c1-5-13(3)19-12-16-11-15-9-7-8-10-17(15)20(18(16)21)14(4)6-2/h11,13-14,19H,5-10,12H2,1-4H3. The predicted octanol–water partition coefficient (Wildman–Crippen LogP) is 3.59. The highest BCUT2D eigenvalue weighted by molar-refractivity contribution is 5.29. The number of fused-ring (bicyclic) bond motifs is 1. The first-order valence-electron chi connectivity index (χ1n) is 8.58. The van der Waals surface area contributed by atoms with Crippen molar-refractivity contribution < 1.29 is 0 Å². The van der Waals surface area contributed by atoms with E-state index in [1.54, 1.807) is 0 Å². The molecule has 0 saturated carbocycles. The zero-order valence-corrected chi connectivity index (χ0v) is 14.0. The summed E-state index contributed by atoms with van der Waals surface area (Å²) in [6.07, 6.45) is 6.76. The van der Waals surface area contributed by atoms with Crippen LogP contribution in [0.1, 0.15) is 76.2 Å². The van der Waals surface area contributed by atoms with Gasteiger partial charge in [0.2, 0.25) is 0 Å². The molecule has 1 heterocycles. The molecule has 0 fully saturated rings. The number of pyridine rings is 1. The number of nitrogens with zero attached hydrogens (tertiary/aromatic N) is 1. The number of hydrogen-bond acceptors (Lipinski definition) is 2. The zero-order valence-electron chi connectivity index (χ0n) is 14.0. The highest BCUT2D eigenvalue weighted by Crippen LogP contribution is 2.24. The number of rotatable bonds is 6. The Morgan fingerprint density at radius 2 is 1.90 bits per heavy atom. The molecular weight excluding hydrogens is 260 g/mol. The second kappa shape index (κ2) is 7.26. The van der Waals surface area contributed by atoms with Gasteiger partial charge >= 0.3 is 0 Å². The lowest BCUT2D eigenvalue weighted by atomic mass is 9.93. The van der Waals surface area contributed by atoms with E-state index in [2.05, 4.69) is 43.6 Å². The van der Waals surface area contributed by atoms with Crippen molar-refractivity contribution in [2.75, 3.05) is 0 Å². The van der Waals surface area contributed by atoms with Crippen molar-refractivity contribution in [3.05, 3.63) is 33.2 Å². The fraction of sp³-hybridized carbons (Fsp3) is 0.722. The van der Waals surface area contributed by atoms with Gasteiger partial charge in [-0.1, -0.05) is 13.8 Å². The van der Waals surface area contributed by atoms with Crippen LogP contribution in [0.5, 0.6) is 0 Å². The van der Waals surface area contributed by atoms with Gasteiger partial charge in [0.05, 0.1) is 0 Å². The Hall–Kier alpha value is -1.09. The van der Waals surface area contributed by atoms with Crippen LogP contribution < -0.4 is 10.9 Å². The maximum absolute atomic E-state index is 12.9. The van der Waals surface area contributed by atoms with Gasteiger partial charge in [-0.2, -0.15) is 0 Å². The van der Waals surface area contributed by atoms with Crippen LogP contribution in [0.4, 0.5) is 0 Å². The first kappa shape index (κ1) is 16.3. The van der Waals surface area contributed by atoms with Crippen molar-refractivity contribution in [2.24, 2.45) is 0 Å². The van der Waals surface area contributed by atoms with Crippen molar-refractivity contribution in [3.8, 4) is 0 Å². The van der Waals surface area contributed by atoms with Gasteiger partial charge in [-0.3, -0.25) is 4.79 Å². The number of aryl methyl sites for hydroxylation is 1. The largest absolute Gasteiger partial charge is 0.310 e. The summed E-state index contributed by atoms with van der Waals surface area (Å²) >= 11 is 0. The second-order valence-electron chi connectivity index (χ2n) is 6.47. The fourth-order valence-corrected chi connectivity index (χ4v) is 3.10. The second-order valence-corrected chi connectivity index (χ2v) is 6.47. The lowest BCUT2D eigenvalue weighted by Gasteiger charge is -2.26. The molecule has 0 aliphatic heterocycles. The van der Waals surface area contributed by atoms with Crippen LogP contribution >= 0.6 is 0 Å². The molecule has 0 spiro atoms. The molecule has 1 N–H and O–H groups in total. The number of nitrogens with one attached hydrogen (secondary N) is 1. The summed E-state index contributed by atoms with van der Waals surface area (Å²) in [4.78, 5) is 12.9. The van der Waals surface area contributed by atoms with Crippen LogP contribution in [0.2, 0.25) is 0 Å².